The van der Waals surface area contributed by atoms with Crippen LogP contribution in [0.3, 0.4) is 0 Å². The lowest BCUT2D eigenvalue weighted by molar-refractivity contribution is -0.115. The Morgan fingerprint density at radius 1 is 1.43 bits per heavy atom. The minimum absolute atomic E-state index is 0.0411. The Balaban J connectivity index is 1.82. The molecule has 2 N–H and O–H groups in total. The van der Waals surface area contributed by atoms with Crippen molar-refractivity contribution < 1.29 is 9.59 Å². The molecule has 0 saturated heterocycles. The number of thiazole rings is 1. The summed E-state index contributed by atoms with van der Waals surface area (Å²) >= 11 is 2.92. The maximum absolute atomic E-state index is 12.2. The number of hydrogen-bond donors (Lipinski definition) is 2. The number of carbonyl (C=O) groups excluding carboxylic acids is 2. The summed E-state index contributed by atoms with van der Waals surface area (Å²) in [6.07, 6.45) is 1.71. The molecule has 0 saturated carbocycles. The van der Waals surface area contributed by atoms with Crippen molar-refractivity contribution in [1.82, 2.24) is 4.98 Å². The van der Waals surface area contributed by atoms with E-state index < -0.39 is 0 Å². The van der Waals surface area contributed by atoms with Crippen molar-refractivity contribution in [1.29, 1.82) is 0 Å². The Hall–Kier alpha value is -1.86. The van der Waals surface area contributed by atoms with Gasteiger partial charge in [0.25, 0.3) is 5.91 Å². The van der Waals surface area contributed by atoms with Crippen LogP contribution < -0.4 is 10.6 Å². The van der Waals surface area contributed by atoms with Gasteiger partial charge in [-0.25, -0.2) is 4.98 Å². The first-order chi connectivity index (χ1) is 10.0. The van der Waals surface area contributed by atoms with Gasteiger partial charge in [-0.15, -0.1) is 23.1 Å². The van der Waals surface area contributed by atoms with Crippen molar-refractivity contribution >= 4 is 45.7 Å². The highest BCUT2D eigenvalue weighted by Crippen LogP contribution is 2.36. The number of fused-ring (bicyclic) bond motifs is 1. The Labute approximate surface area is 130 Å². The molecule has 3 rings (SSSR count). The minimum Gasteiger partial charge on any atom is -0.324 e. The Kier molecular flexibility index (Phi) is 3.69. The molecule has 0 bridgehead atoms. The van der Waals surface area contributed by atoms with Crippen LogP contribution in [0.2, 0.25) is 0 Å². The topological polar surface area (TPSA) is 71.1 Å². The highest BCUT2D eigenvalue weighted by Gasteiger charge is 2.23. The molecule has 2 aromatic rings. The first kappa shape index (κ1) is 14.1. The maximum atomic E-state index is 12.2. The van der Waals surface area contributed by atoms with Crippen molar-refractivity contribution in [3.05, 3.63) is 34.8 Å². The maximum Gasteiger partial charge on any atom is 0.257 e. The molecular weight excluding hydrogens is 306 g/mol. The van der Waals surface area contributed by atoms with Crippen molar-refractivity contribution in [2.24, 2.45) is 0 Å². The second-order valence-corrected chi connectivity index (χ2v) is 7.31. The predicted molar refractivity (Wildman–Crippen MR) is 85.2 cm³/mol. The second-order valence-electron chi connectivity index (χ2n) is 4.69. The van der Waals surface area contributed by atoms with Crippen molar-refractivity contribution in [2.45, 2.75) is 24.0 Å². The molecule has 0 spiro atoms. The van der Waals surface area contributed by atoms with Gasteiger partial charge in [0.05, 0.1) is 10.9 Å². The fourth-order valence-electron chi connectivity index (χ4n) is 1.93. The van der Waals surface area contributed by atoms with E-state index in [-0.39, 0.29) is 17.1 Å². The molecular formula is C14H13N3O2S2. The number of anilines is 2. The highest BCUT2D eigenvalue weighted by molar-refractivity contribution is 8.00. The standard InChI is InChI=1S/C14H13N3O2S2/c1-7-6-15-14(20-7)17-13(19)9-3-4-11-10(5-9)16-12(18)8(2)21-11/h3-6,8H,1-2H3,(H,16,18)(H,15,17,19). The van der Waals surface area contributed by atoms with Crippen LogP contribution in [-0.2, 0) is 4.79 Å². The quantitative estimate of drug-likeness (QED) is 0.892. The number of benzene rings is 1. The molecule has 0 radical (unpaired) electrons. The Morgan fingerprint density at radius 3 is 2.95 bits per heavy atom. The van der Waals surface area contributed by atoms with Gasteiger partial charge in [0.2, 0.25) is 5.91 Å². The number of nitrogens with one attached hydrogen (secondary N) is 2. The molecule has 7 heteroatoms. The average Bonchev–Trinajstić information content (AvgIpc) is 2.85. The fourth-order valence-corrected chi connectivity index (χ4v) is 3.52. The summed E-state index contributed by atoms with van der Waals surface area (Å²) in [4.78, 5) is 30.0. The summed E-state index contributed by atoms with van der Waals surface area (Å²) in [6, 6.07) is 5.31. The SMILES string of the molecule is Cc1cnc(NC(=O)c2ccc3c(c2)NC(=O)C(C)S3)s1. The number of nitrogens with zero attached hydrogens (tertiary/aromatic N) is 1. The summed E-state index contributed by atoms with van der Waals surface area (Å²) in [7, 11) is 0. The van der Waals surface area contributed by atoms with Crippen molar-refractivity contribution in [3.63, 3.8) is 0 Å². The van der Waals surface area contributed by atoms with Gasteiger partial charge in [0, 0.05) is 21.5 Å². The fraction of sp³-hybridized carbons (Fsp3) is 0.214. The third kappa shape index (κ3) is 2.93. The van der Waals surface area contributed by atoms with Crippen LogP contribution in [-0.4, -0.2) is 22.0 Å². The van der Waals surface area contributed by atoms with E-state index in [0.717, 1.165) is 9.77 Å². The lowest BCUT2D eigenvalue weighted by Gasteiger charge is -2.21. The van der Waals surface area contributed by atoms with Gasteiger partial charge >= 0.3 is 0 Å². The van der Waals surface area contributed by atoms with Gasteiger partial charge in [-0.2, -0.15) is 0 Å². The number of aryl methyl sites for hydroxylation is 1. The van der Waals surface area contributed by atoms with Gasteiger partial charge in [-0.1, -0.05) is 0 Å². The number of amides is 2. The van der Waals surface area contributed by atoms with Crippen molar-refractivity contribution in [2.75, 3.05) is 10.6 Å². The zero-order chi connectivity index (χ0) is 15.0. The number of carbonyl (C=O) groups is 2. The van der Waals surface area contributed by atoms with E-state index in [4.69, 9.17) is 0 Å². The van der Waals surface area contributed by atoms with Crippen LogP contribution >= 0.6 is 23.1 Å². The van der Waals surface area contributed by atoms with Crippen molar-refractivity contribution in [3.8, 4) is 0 Å². The Bertz CT molecular complexity index is 727. The summed E-state index contributed by atoms with van der Waals surface area (Å²) < 4.78 is 0. The third-order valence-corrected chi connectivity index (χ3v) is 5.02. The number of thioether (sulfide) groups is 1. The van der Waals surface area contributed by atoms with E-state index in [1.165, 1.54) is 23.1 Å². The van der Waals surface area contributed by atoms with Gasteiger partial charge in [-0.3, -0.25) is 14.9 Å². The molecule has 2 heterocycles. The molecule has 5 nitrogen and oxygen atoms in total. The predicted octanol–water partition coefficient (Wildman–Crippen LogP) is 3.14. The van der Waals surface area contributed by atoms with Crippen LogP contribution in [0.4, 0.5) is 10.8 Å². The molecule has 1 unspecified atom stereocenters. The highest BCUT2D eigenvalue weighted by atomic mass is 32.2. The zero-order valence-corrected chi connectivity index (χ0v) is 13.1. The van der Waals surface area contributed by atoms with Gasteiger partial charge in [-0.05, 0) is 32.0 Å². The normalized spacial score (nSPS) is 17.0. The largest absolute Gasteiger partial charge is 0.324 e. The molecule has 1 aromatic carbocycles. The Morgan fingerprint density at radius 2 is 2.24 bits per heavy atom. The van der Waals surface area contributed by atoms with Crippen LogP contribution in [0.15, 0.2) is 29.3 Å². The number of rotatable bonds is 2. The monoisotopic (exact) mass is 319 g/mol. The molecule has 1 aromatic heterocycles. The van der Waals surface area contributed by atoms with Crippen LogP contribution in [0.5, 0.6) is 0 Å². The van der Waals surface area contributed by atoms with E-state index in [0.29, 0.717) is 16.4 Å². The van der Waals surface area contributed by atoms with E-state index in [2.05, 4.69) is 15.6 Å². The van der Waals surface area contributed by atoms with E-state index in [9.17, 15) is 9.59 Å². The average molecular weight is 319 g/mol. The van der Waals surface area contributed by atoms with E-state index in [1.807, 2.05) is 19.9 Å². The third-order valence-electron chi connectivity index (χ3n) is 3.01. The number of hydrogen-bond acceptors (Lipinski definition) is 5. The molecule has 0 fully saturated rings. The summed E-state index contributed by atoms with van der Waals surface area (Å²) in [5, 5.41) is 6.03. The molecule has 0 aliphatic carbocycles. The van der Waals surface area contributed by atoms with Gasteiger partial charge in [0.15, 0.2) is 5.13 Å². The molecule has 21 heavy (non-hydrogen) atoms. The van der Waals surface area contributed by atoms with Crippen LogP contribution in [0.1, 0.15) is 22.2 Å². The molecule has 108 valence electrons. The summed E-state index contributed by atoms with van der Waals surface area (Å²) in [5.74, 6) is -0.273. The molecule has 2 amide bonds. The van der Waals surface area contributed by atoms with Crippen LogP contribution in [0, 0.1) is 6.92 Å². The summed E-state index contributed by atoms with van der Waals surface area (Å²) in [5.41, 5.74) is 1.18. The number of aromatic nitrogens is 1. The van der Waals surface area contributed by atoms with Gasteiger partial charge < -0.3 is 5.32 Å². The second kappa shape index (κ2) is 5.50. The van der Waals surface area contributed by atoms with Gasteiger partial charge in [0.1, 0.15) is 0 Å². The summed E-state index contributed by atoms with van der Waals surface area (Å²) in [6.45, 7) is 3.79. The molecule has 1 aliphatic rings. The minimum atomic E-state index is -0.231. The first-order valence-electron chi connectivity index (χ1n) is 6.38. The lowest BCUT2D eigenvalue weighted by atomic mass is 10.2. The molecule has 1 aliphatic heterocycles. The van der Waals surface area contributed by atoms with Crippen LogP contribution in [0.25, 0.3) is 0 Å². The smallest absolute Gasteiger partial charge is 0.257 e. The lowest BCUT2D eigenvalue weighted by Crippen LogP contribution is -2.26. The first-order valence-corrected chi connectivity index (χ1v) is 8.08. The zero-order valence-electron chi connectivity index (χ0n) is 11.5. The van der Waals surface area contributed by atoms with E-state index in [1.54, 1.807) is 18.3 Å². The van der Waals surface area contributed by atoms with E-state index >= 15 is 0 Å². The molecule has 1 atom stereocenters.